The molecule has 0 aliphatic heterocycles. The zero-order valence-corrected chi connectivity index (χ0v) is 17.5. The van der Waals surface area contributed by atoms with E-state index in [4.69, 9.17) is 11.6 Å². The monoisotopic (exact) mass is 466 g/mol. The third-order valence-electron chi connectivity index (χ3n) is 4.39. The van der Waals surface area contributed by atoms with Gasteiger partial charge in [0.1, 0.15) is 5.15 Å². The molecule has 0 spiro atoms. The summed E-state index contributed by atoms with van der Waals surface area (Å²) in [7, 11) is 0. The number of nitrogens with one attached hydrogen (secondary N) is 2. The molecule has 1 aromatic carbocycles. The van der Waals surface area contributed by atoms with Crippen LogP contribution in [0.25, 0.3) is 23.1 Å². The first kappa shape index (κ1) is 19.4. The smallest absolute Gasteiger partial charge is 0.254 e. The Bertz CT molecular complexity index is 1190. The maximum Gasteiger partial charge on any atom is 0.254 e. The van der Waals surface area contributed by atoms with Crippen molar-refractivity contribution in [2.24, 2.45) is 0 Å². The molecule has 1 amide bonds. The lowest BCUT2D eigenvalue weighted by Crippen LogP contribution is -2.23. The molecule has 4 aromatic rings. The van der Waals surface area contributed by atoms with Crippen molar-refractivity contribution in [1.82, 2.24) is 20.3 Å². The number of nitrogens with zero attached hydrogens (tertiary/aromatic N) is 2. The molecule has 0 aliphatic rings. The summed E-state index contributed by atoms with van der Waals surface area (Å²) in [6, 6.07) is 13.2. The lowest BCUT2D eigenvalue weighted by molar-refractivity contribution is 0.0952. The third-order valence-corrected chi connectivity index (χ3v) is 5.10. The number of hydrogen-bond donors (Lipinski definition) is 2. The summed E-state index contributed by atoms with van der Waals surface area (Å²) >= 11 is 9.33. The summed E-state index contributed by atoms with van der Waals surface area (Å²) in [5.41, 5.74) is 4.01. The fourth-order valence-electron chi connectivity index (χ4n) is 3.00. The highest BCUT2D eigenvalue weighted by Crippen LogP contribution is 2.27. The molecule has 0 atom stereocenters. The fraction of sp³-hybridized carbons (Fsp3) is 0.0455. The molecule has 0 bridgehead atoms. The normalized spacial score (nSPS) is 11.2. The van der Waals surface area contributed by atoms with E-state index in [2.05, 4.69) is 36.2 Å². The van der Waals surface area contributed by atoms with Crippen LogP contribution in [-0.4, -0.2) is 20.9 Å². The number of pyridine rings is 2. The van der Waals surface area contributed by atoms with Gasteiger partial charge in [0.25, 0.3) is 5.91 Å². The Kier molecular flexibility index (Phi) is 5.74. The van der Waals surface area contributed by atoms with E-state index in [9.17, 15) is 4.79 Å². The van der Waals surface area contributed by atoms with Crippen LogP contribution in [0, 0.1) is 0 Å². The number of benzene rings is 1. The lowest BCUT2D eigenvalue weighted by atomic mass is 10.1. The van der Waals surface area contributed by atoms with Gasteiger partial charge in [-0.25, -0.2) is 4.98 Å². The van der Waals surface area contributed by atoms with E-state index < -0.39 is 0 Å². The average molecular weight is 468 g/mol. The van der Waals surface area contributed by atoms with Crippen molar-refractivity contribution >= 4 is 56.5 Å². The molecule has 3 heterocycles. The molecule has 3 aromatic heterocycles. The van der Waals surface area contributed by atoms with Crippen LogP contribution in [-0.2, 0) is 6.54 Å². The summed E-state index contributed by atoms with van der Waals surface area (Å²) in [5.74, 6) is -0.156. The van der Waals surface area contributed by atoms with E-state index in [1.165, 1.54) is 0 Å². The highest BCUT2D eigenvalue weighted by Gasteiger charge is 2.17. The van der Waals surface area contributed by atoms with Crippen molar-refractivity contribution < 1.29 is 4.79 Å². The third kappa shape index (κ3) is 4.55. The minimum absolute atomic E-state index is 0.156. The number of carbonyl (C=O) groups excluding carboxylic acids is 1. The van der Waals surface area contributed by atoms with Gasteiger partial charge < -0.3 is 10.3 Å². The highest BCUT2D eigenvalue weighted by atomic mass is 79.9. The van der Waals surface area contributed by atoms with Gasteiger partial charge in [-0.3, -0.25) is 9.78 Å². The quantitative estimate of drug-likeness (QED) is 0.382. The van der Waals surface area contributed by atoms with Crippen LogP contribution in [0.2, 0.25) is 5.15 Å². The number of hydrogen-bond acceptors (Lipinski definition) is 3. The Balaban J connectivity index is 1.67. The molecular weight excluding hydrogens is 452 g/mol. The van der Waals surface area contributed by atoms with E-state index in [1.807, 2.05) is 48.6 Å². The minimum Gasteiger partial charge on any atom is -0.354 e. The topological polar surface area (TPSA) is 70.7 Å². The van der Waals surface area contributed by atoms with Crippen LogP contribution in [0.4, 0.5) is 0 Å². The van der Waals surface area contributed by atoms with E-state index in [0.717, 1.165) is 32.2 Å². The van der Waals surface area contributed by atoms with Crippen LogP contribution in [0.3, 0.4) is 0 Å². The summed E-state index contributed by atoms with van der Waals surface area (Å²) in [6.45, 7) is 0.403. The first-order chi connectivity index (χ1) is 14.1. The van der Waals surface area contributed by atoms with E-state index in [-0.39, 0.29) is 5.91 Å². The largest absolute Gasteiger partial charge is 0.354 e. The highest BCUT2D eigenvalue weighted by molar-refractivity contribution is 9.10. The second-order valence-corrected chi connectivity index (χ2v) is 7.70. The molecule has 7 heteroatoms. The van der Waals surface area contributed by atoms with Crippen LogP contribution in [0.1, 0.15) is 27.2 Å². The number of amides is 1. The van der Waals surface area contributed by atoms with Crippen molar-refractivity contribution in [3.8, 4) is 0 Å². The molecule has 4 rings (SSSR count). The molecule has 0 fully saturated rings. The minimum atomic E-state index is -0.156. The summed E-state index contributed by atoms with van der Waals surface area (Å²) < 4.78 is 0.936. The molecule has 0 radical (unpaired) electrons. The Morgan fingerprint density at radius 1 is 1.17 bits per heavy atom. The second kappa shape index (κ2) is 8.59. The van der Waals surface area contributed by atoms with Crippen molar-refractivity contribution in [2.45, 2.75) is 6.54 Å². The zero-order chi connectivity index (χ0) is 20.2. The number of halogens is 2. The molecule has 0 unspecified atom stereocenters. The SMILES string of the molecule is O=C(NCc1cccnc1)c1c(/C=C/c2ccc(Cl)nc2)[nH]c2cc(Br)ccc12. The number of aromatic nitrogens is 3. The van der Waals surface area contributed by atoms with Gasteiger partial charge in [0, 0.05) is 40.5 Å². The van der Waals surface area contributed by atoms with Crippen LogP contribution in [0.15, 0.2) is 65.5 Å². The van der Waals surface area contributed by atoms with E-state index in [1.54, 1.807) is 24.7 Å². The summed E-state index contributed by atoms with van der Waals surface area (Å²) in [6.07, 6.45) is 8.89. The zero-order valence-electron chi connectivity index (χ0n) is 15.2. The summed E-state index contributed by atoms with van der Waals surface area (Å²) in [4.78, 5) is 24.5. The van der Waals surface area contributed by atoms with E-state index in [0.29, 0.717) is 17.3 Å². The molecular formula is C22H16BrClN4O. The average Bonchev–Trinajstić information content (AvgIpc) is 3.10. The number of rotatable bonds is 5. The van der Waals surface area contributed by atoms with Crippen molar-refractivity contribution in [3.05, 3.63) is 93.1 Å². The number of carbonyl (C=O) groups is 1. The van der Waals surface area contributed by atoms with Crippen LogP contribution >= 0.6 is 27.5 Å². The summed E-state index contributed by atoms with van der Waals surface area (Å²) in [5, 5.41) is 4.27. The second-order valence-electron chi connectivity index (χ2n) is 6.40. The molecule has 5 nitrogen and oxygen atoms in total. The molecule has 0 saturated heterocycles. The number of fused-ring (bicyclic) bond motifs is 1. The van der Waals surface area contributed by atoms with Gasteiger partial charge in [0.15, 0.2) is 0 Å². The standard InChI is InChI=1S/C22H16BrClN4O/c23-16-5-6-17-19(10-16)28-18(7-3-14-4-8-20(24)26-12-14)21(17)22(29)27-13-15-2-1-9-25-11-15/h1-12,28H,13H2,(H,27,29)/b7-3+. The Morgan fingerprint density at radius 2 is 2.07 bits per heavy atom. The van der Waals surface area contributed by atoms with Gasteiger partial charge in [0.05, 0.1) is 11.3 Å². The molecule has 0 aliphatic carbocycles. The maximum atomic E-state index is 13.0. The van der Waals surface area contributed by atoms with E-state index >= 15 is 0 Å². The van der Waals surface area contributed by atoms with Gasteiger partial charge in [-0.15, -0.1) is 0 Å². The van der Waals surface area contributed by atoms with Gasteiger partial charge in [-0.2, -0.15) is 0 Å². The fourth-order valence-corrected chi connectivity index (χ4v) is 3.47. The van der Waals surface area contributed by atoms with Crippen LogP contribution in [0.5, 0.6) is 0 Å². The Labute approximate surface area is 181 Å². The van der Waals surface area contributed by atoms with Crippen molar-refractivity contribution in [3.63, 3.8) is 0 Å². The van der Waals surface area contributed by atoms with Crippen LogP contribution < -0.4 is 5.32 Å². The molecule has 2 N–H and O–H groups in total. The van der Waals surface area contributed by atoms with Gasteiger partial charge in [-0.1, -0.05) is 51.8 Å². The maximum absolute atomic E-state index is 13.0. The Hall–Kier alpha value is -2.96. The number of H-pyrrole nitrogens is 1. The molecule has 29 heavy (non-hydrogen) atoms. The predicted molar refractivity (Wildman–Crippen MR) is 120 cm³/mol. The van der Waals surface area contributed by atoms with Gasteiger partial charge >= 0.3 is 0 Å². The Morgan fingerprint density at radius 3 is 2.83 bits per heavy atom. The number of aromatic amines is 1. The van der Waals surface area contributed by atoms with Crippen molar-refractivity contribution in [1.29, 1.82) is 0 Å². The van der Waals surface area contributed by atoms with Crippen molar-refractivity contribution in [2.75, 3.05) is 0 Å². The van der Waals surface area contributed by atoms with Gasteiger partial charge in [0.2, 0.25) is 0 Å². The first-order valence-corrected chi connectivity index (χ1v) is 10.1. The lowest BCUT2D eigenvalue weighted by Gasteiger charge is -2.06. The molecule has 144 valence electrons. The predicted octanol–water partition coefficient (Wildman–Crippen LogP) is 5.47. The molecule has 0 saturated carbocycles. The first-order valence-electron chi connectivity index (χ1n) is 8.88. The van der Waals surface area contributed by atoms with Gasteiger partial charge in [-0.05, 0) is 41.5 Å².